The number of nitrogens with two attached hydrogens (primary N) is 1. The van der Waals surface area contributed by atoms with Crippen molar-refractivity contribution in [2.24, 2.45) is 5.73 Å². The highest BCUT2D eigenvalue weighted by Gasteiger charge is 2.14. The van der Waals surface area contributed by atoms with Gasteiger partial charge in [-0.3, -0.25) is 14.5 Å². The number of carbonyl (C=O) groups is 1. The summed E-state index contributed by atoms with van der Waals surface area (Å²) in [5.41, 5.74) is 8.84. The van der Waals surface area contributed by atoms with Crippen LogP contribution in [0.3, 0.4) is 0 Å². The van der Waals surface area contributed by atoms with Crippen LogP contribution < -0.4 is 5.73 Å². The topological polar surface area (TPSA) is 104 Å². The van der Waals surface area contributed by atoms with Crippen LogP contribution in [-0.4, -0.2) is 35.3 Å². The van der Waals surface area contributed by atoms with Crippen LogP contribution in [0.5, 0.6) is 0 Å². The molecule has 0 spiro atoms. The molecule has 0 bridgehead atoms. The molecule has 0 saturated carbocycles. The van der Waals surface area contributed by atoms with Crippen molar-refractivity contribution in [1.29, 1.82) is 0 Å². The number of aromatic nitrogens is 6. The summed E-state index contributed by atoms with van der Waals surface area (Å²) in [7, 11) is 0. The van der Waals surface area contributed by atoms with E-state index in [0.717, 1.165) is 16.8 Å². The summed E-state index contributed by atoms with van der Waals surface area (Å²) in [6, 6.07) is 7.32. The normalized spacial score (nSPS) is 11.0. The molecule has 4 aromatic rings. The number of fused-ring (bicyclic) bond motifs is 1. The lowest BCUT2D eigenvalue weighted by Gasteiger charge is -2.04. The average Bonchev–Trinajstić information content (AvgIpc) is 3.24. The van der Waals surface area contributed by atoms with Gasteiger partial charge in [-0.15, -0.1) is 0 Å². The Kier molecular flexibility index (Phi) is 3.27. The van der Waals surface area contributed by atoms with Crippen molar-refractivity contribution in [2.45, 2.75) is 6.54 Å². The predicted octanol–water partition coefficient (Wildman–Crippen LogP) is 1.14. The van der Waals surface area contributed by atoms with E-state index in [0.29, 0.717) is 17.8 Å². The number of nitrogens with zero attached hydrogens (tertiary/aromatic N) is 6. The van der Waals surface area contributed by atoms with E-state index in [-0.39, 0.29) is 0 Å². The molecule has 4 heterocycles. The maximum atomic E-state index is 11.5. The van der Waals surface area contributed by atoms with Crippen LogP contribution in [0, 0.1) is 0 Å². The van der Waals surface area contributed by atoms with Gasteiger partial charge in [0.2, 0.25) is 0 Å². The Hall–Kier alpha value is -3.55. The van der Waals surface area contributed by atoms with Crippen LogP contribution in [0.25, 0.3) is 16.9 Å². The summed E-state index contributed by atoms with van der Waals surface area (Å²) < 4.78 is 3.41. The van der Waals surface area contributed by atoms with Crippen molar-refractivity contribution in [3.8, 4) is 11.3 Å². The first-order chi connectivity index (χ1) is 11.7. The van der Waals surface area contributed by atoms with Crippen LogP contribution in [0.1, 0.15) is 15.9 Å². The summed E-state index contributed by atoms with van der Waals surface area (Å²) in [4.78, 5) is 19.7. The quantitative estimate of drug-likeness (QED) is 0.607. The number of amides is 1. The van der Waals surface area contributed by atoms with Gasteiger partial charge < -0.3 is 5.73 Å². The van der Waals surface area contributed by atoms with E-state index in [4.69, 9.17) is 5.73 Å². The number of primary amides is 1. The third-order valence-corrected chi connectivity index (χ3v) is 3.69. The van der Waals surface area contributed by atoms with Gasteiger partial charge >= 0.3 is 0 Å². The molecule has 0 atom stereocenters. The zero-order chi connectivity index (χ0) is 16.5. The predicted molar refractivity (Wildman–Crippen MR) is 86.1 cm³/mol. The van der Waals surface area contributed by atoms with Crippen LogP contribution in [0.2, 0.25) is 0 Å². The highest BCUT2D eigenvalue weighted by Crippen LogP contribution is 2.21. The molecule has 0 fully saturated rings. The average molecular weight is 319 g/mol. The Morgan fingerprint density at radius 3 is 2.88 bits per heavy atom. The van der Waals surface area contributed by atoms with Crippen molar-refractivity contribution in [1.82, 2.24) is 29.4 Å². The minimum Gasteiger partial charge on any atom is -0.365 e. The lowest BCUT2D eigenvalue weighted by Crippen LogP contribution is -2.13. The molecule has 0 saturated heterocycles. The Morgan fingerprint density at radius 2 is 2.08 bits per heavy atom. The summed E-state index contributed by atoms with van der Waals surface area (Å²) in [6.07, 6.45) is 8.59. The molecular formula is C16H13N7O. The van der Waals surface area contributed by atoms with Crippen LogP contribution in [0.4, 0.5) is 0 Å². The fraction of sp³-hybridized carbons (Fsp3) is 0.0625. The van der Waals surface area contributed by atoms with Crippen LogP contribution in [-0.2, 0) is 6.54 Å². The number of rotatable bonds is 4. The zero-order valence-electron chi connectivity index (χ0n) is 12.6. The fourth-order valence-electron chi connectivity index (χ4n) is 2.58. The molecule has 4 rings (SSSR count). The smallest absolute Gasteiger partial charge is 0.252 e. The first kappa shape index (κ1) is 14.1. The molecule has 0 unspecified atom stereocenters. The fourth-order valence-corrected chi connectivity index (χ4v) is 2.58. The molecule has 0 radical (unpaired) electrons. The van der Waals surface area contributed by atoms with Crippen molar-refractivity contribution in [2.75, 3.05) is 0 Å². The third-order valence-electron chi connectivity index (χ3n) is 3.69. The number of hydrogen-bond donors (Lipinski definition) is 1. The molecule has 2 N–H and O–H groups in total. The third kappa shape index (κ3) is 2.39. The van der Waals surface area contributed by atoms with E-state index in [1.165, 1.54) is 6.33 Å². The Morgan fingerprint density at radius 1 is 1.17 bits per heavy atom. The van der Waals surface area contributed by atoms with Gasteiger partial charge in [-0.25, -0.2) is 9.50 Å². The summed E-state index contributed by atoms with van der Waals surface area (Å²) in [6.45, 7) is 0.619. The van der Waals surface area contributed by atoms with Gasteiger partial charge in [0.05, 0.1) is 24.0 Å². The molecule has 24 heavy (non-hydrogen) atoms. The number of carbonyl (C=O) groups excluding carboxylic acids is 1. The molecule has 0 aliphatic heterocycles. The molecule has 4 aromatic heterocycles. The second kappa shape index (κ2) is 5.58. The van der Waals surface area contributed by atoms with Crippen molar-refractivity contribution in [3.63, 3.8) is 0 Å². The van der Waals surface area contributed by atoms with E-state index in [2.05, 4.69) is 20.2 Å². The maximum Gasteiger partial charge on any atom is 0.252 e. The second-order valence-electron chi connectivity index (χ2n) is 5.28. The van der Waals surface area contributed by atoms with Gasteiger partial charge in [0, 0.05) is 24.2 Å². The van der Waals surface area contributed by atoms with E-state index < -0.39 is 5.91 Å². The second-order valence-corrected chi connectivity index (χ2v) is 5.28. The van der Waals surface area contributed by atoms with Crippen LogP contribution in [0.15, 0.2) is 55.4 Å². The van der Waals surface area contributed by atoms with Gasteiger partial charge in [-0.2, -0.15) is 10.2 Å². The minimum absolute atomic E-state index is 0.332. The largest absolute Gasteiger partial charge is 0.365 e. The first-order valence-electron chi connectivity index (χ1n) is 7.26. The number of pyridine rings is 2. The molecule has 1 amide bonds. The van der Waals surface area contributed by atoms with Crippen molar-refractivity contribution >= 4 is 11.6 Å². The lowest BCUT2D eigenvalue weighted by molar-refractivity contribution is 0.100. The molecule has 0 aliphatic rings. The first-order valence-corrected chi connectivity index (χ1v) is 7.26. The van der Waals surface area contributed by atoms with Gasteiger partial charge in [-0.05, 0) is 23.8 Å². The van der Waals surface area contributed by atoms with E-state index in [9.17, 15) is 4.79 Å². The van der Waals surface area contributed by atoms with Crippen LogP contribution >= 0.6 is 0 Å². The van der Waals surface area contributed by atoms with Gasteiger partial charge in [-0.1, -0.05) is 6.07 Å². The molecule has 8 heteroatoms. The van der Waals surface area contributed by atoms with Gasteiger partial charge in [0.15, 0.2) is 5.65 Å². The Bertz CT molecular complexity index is 1020. The standard InChI is InChI=1S/C16H13N7O/c17-15(24)13-3-4-14(23-16(13)19-10-21-23)12-7-20-22(9-12)8-11-2-1-5-18-6-11/h1-7,9-10H,8H2,(H2,17,24). The number of hydrogen-bond acceptors (Lipinski definition) is 5. The molecule has 8 nitrogen and oxygen atoms in total. The van der Waals surface area contributed by atoms with E-state index in [1.54, 1.807) is 35.2 Å². The highest BCUT2D eigenvalue weighted by molar-refractivity contribution is 5.99. The van der Waals surface area contributed by atoms with Gasteiger partial charge in [0.25, 0.3) is 5.91 Å². The molecular weight excluding hydrogens is 306 g/mol. The minimum atomic E-state index is -0.535. The highest BCUT2D eigenvalue weighted by atomic mass is 16.1. The van der Waals surface area contributed by atoms with Crippen molar-refractivity contribution in [3.05, 3.63) is 66.5 Å². The molecule has 0 aliphatic carbocycles. The molecule has 118 valence electrons. The Balaban J connectivity index is 1.73. The summed E-state index contributed by atoms with van der Waals surface area (Å²) in [5.74, 6) is -0.535. The van der Waals surface area contributed by atoms with Crippen molar-refractivity contribution < 1.29 is 4.79 Å². The monoisotopic (exact) mass is 319 g/mol. The maximum absolute atomic E-state index is 11.5. The lowest BCUT2D eigenvalue weighted by atomic mass is 10.2. The SMILES string of the molecule is NC(=O)c1ccc(-c2cnn(Cc3cccnc3)c2)n2ncnc12. The van der Waals surface area contributed by atoms with E-state index >= 15 is 0 Å². The summed E-state index contributed by atoms with van der Waals surface area (Å²) in [5, 5.41) is 8.55. The zero-order valence-corrected chi connectivity index (χ0v) is 12.6. The van der Waals surface area contributed by atoms with Gasteiger partial charge in [0.1, 0.15) is 6.33 Å². The molecule has 0 aromatic carbocycles. The summed E-state index contributed by atoms with van der Waals surface area (Å²) >= 11 is 0. The Labute approximate surface area is 136 Å². The van der Waals surface area contributed by atoms with E-state index in [1.807, 2.05) is 23.0 Å².